The van der Waals surface area contributed by atoms with Crippen molar-refractivity contribution in [2.75, 3.05) is 26.1 Å². The minimum absolute atomic E-state index is 0.561. The van der Waals surface area contributed by atoms with Gasteiger partial charge in [-0.25, -0.2) is 0 Å². The van der Waals surface area contributed by atoms with Crippen LogP contribution < -0.4 is 14.2 Å². The molecular formula is C19H16N4O3S. The molecule has 0 fully saturated rings. The Morgan fingerprint density at radius 2 is 1.89 bits per heavy atom. The van der Waals surface area contributed by atoms with Gasteiger partial charge in [0.25, 0.3) is 0 Å². The number of benzene rings is 2. The van der Waals surface area contributed by atoms with Crippen LogP contribution in [-0.2, 0) is 0 Å². The minimum atomic E-state index is 0.561. The van der Waals surface area contributed by atoms with Crippen molar-refractivity contribution in [3.63, 3.8) is 0 Å². The standard InChI is InChI=1S/C19H16N4O3S/c1-24-15-5-3-2-4-13(15)18-20-21-19-23(18)22-14(11-27-19)12-6-7-16-17(10-12)26-9-8-25-16/h2-7,10H,8-9,11H2,1H3. The molecule has 3 aromatic rings. The van der Waals surface area contributed by atoms with Gasteiger partial charge in [-0.05, 0) is 30.3 Å². The Morgan fingerprint density at radius 3 is 2.78 bits per heavy atom. The number of hydrogen-bond acceptors (Lipinski definition) is 7. The molecule has 0 aliphatic carbocycles. The molecule has 0 radical (unpaired) electrons. The van der Waals surface area contributed by atoms with Crippen LogP contribution in [0.15, 0.2) is 52.7 Å². The number of aromatic nitrogens is 3. The molecule has 2 aliphatic heterocycles. The lowest BCUT2D eigenvalue weighted by Gasteiger charge is -2.20. The van der Waals surface area contributed by atoms with Gasteiger partial charge in [0.1, 0.15) is 19.0 Å². The Morgan fingerprint density at radius 1 is 1.04 bits per heavy atom. The molecule has 136 valence electrons. The van der Waals surface area contributed by atoms with Gasteiger partial charge in [-0.3, -0.25) is 0 Å². The molecule has 0 spiro atoms. The fraction of sp³-hybridized carbons (Fsp3) is 0.211. The number of thioether (sulfide) groups is 1. The van der Waals surface area contributed by atoms with Crippen LogP contribution in [-0.4, -0.2) is 46.7 Å². The molecule has 8 heteroatoms. The number of fused-ring (bicyclic) bond motifs is 2. The van der Waals surface area contributed by atoms with E-state index >= 15 is 0 Å². The normalized spacial score (nSPS) is 15.1. The van der Waals surface area contributed by atoms with Crippen LogP contribution in [0.5, 0.6) is 17.2 Å². The average Bonchev–Trinajstić information content (AvgIpc) is 3.16. The Kier molecular flexibility index (Phi) is 3.97. The third-order valence-corrected chi connectivity index (χ3v) is 5.32. The Labute approximate surface area is 160 Å². The number of rotatable bonds is 3. The predicted octanol–water partition coefficient (Wildman–Crippen LogP) is 3.08. The maximum atomic E-state index is 5.70. The van der Waals surface area contributed by atoms with Crippen LogP contribution in [0, 0.1) is 0 Å². The van der Waals surface area contributed by atoms with Crippen LogP contribution in [0.3, 0.4) is 0 Å². The van der Waals surface area contributed by atoms with Gasteiger partial charge >= 0.3 is 0 Å². The lowest BCUT2D eigenvalue weighted by Crippen LogP contribution is -2.17. The van der Waals surface area contributed by atoms with Crippen molar-refractivity contribution < 1.29 is 14.2 Å². The van der Waals surface area contributed by atoms with E-state index in [1.807, 2.05) is 42.5 Å². The highest BCUT2D eigenvalue weighted by Gasteiger charge is 2.23. The van der Waals surface area contributed by atoms with Gasteiger partial charge in [0.05, 0.1) is 18.4 Å². The van der Waals surface area contributed by atoms with Crippen molar-refractivity contribution >= 4 is 17.5 Å². The fourth-order valence-corrected chi connectivity index (χ4v) is 3.93. The number of ether oxygens (including phenoxy) is 3. The fourth-order valence-electron chi connectivity index (χ4n) is 3.09. The largest absolute Gasteiger partial charge is 0.496 e. The molecule has 0 amide bonds. The second-order valence-corrected chi connectivity index (χ2v) is 6.95. The van der Waals surface area contributed by atoms with Crippen LogP contribution in [0.1, 0.15) is 5.56 Å². The Hall–Kier alpha value is -3.00. The number of para-hydroxylation sites is 1. The van der Waals surface area contributed by atoms with E-state index in [0.717, 1.165) is 39.2 Å². The summed E-state index contributed by atoms with van der Waals surface area (Å²) in [5.41, 5.74) is 2.78. The zero-order valence-corrected chi connectivity index (χ0v) is 15.4. The topological polar surface area (TPSA) is 70.8 Å². The molecular weight excluding hydrogens is 364 g/mol. The highest BCUT2D eigenvalue weighted by molar-refractivity contribution is 7.99. The molecule has 27 heavy (non-hydrogen) atoms. The maximum absolute atomic E-state index is 5.70. The molecule has 0 saturated carbocycles. The highest BCUT2D eigenvalue weighted by Crippen LogP contribution is 2.35. The van der Waals surface area contributed by atoms with Crippen molar-refractivity contribution in [3.8, 4) is 28.6 Å². The van der Waals surface area contributed by atoms with E-state index in [1.54, 1.807) is 23.5 Å². The molecule has 1 aromatic heterocycles. The van der Waals surface area contributed by atoms with Gasteiger partial charge in [-0.1, -0.05) is 23.9 Å². The smallest absolute Gasteiger partial charge is 0.212 e. The molecule has 0 atom stereocenters. The second kappa shape index (κ2) is 6.62. The SMILES string of the molecule is COc1ccccc1-c1nnc2n1N=C(c1ccc3c(c1)OCCO3)CS2. The summed E-state index contributed by atoms with van der Waals surface area (Å²) in [6, 6.07) is 13.6. The Balaban J connectivity index is 1.57. The maximum Gasteiger partial charge on any atom is 0.212 e. The molecule has 2 aliphatic rings. The number of nitrogens with zero attached hydrogens (tertiary/aromatic N) is 4. The molecule has 5 rings (SSSR count). The number of methoxy groups -OCH3 is 1. The third-order valence-electron chi connectivity index (χ3n) is 4.39. The predicted molar refractivity (Wildman–Crippen MR) is 102 cm³/mol. The van der Waals surface area contributed by atoms with Crippen molar-refractivity contribution in [1.29, 1.82) is 0 Å². The summed E-state index contributed by atoms with van der Waals surface area (Å²) < 4.78 is 18.5. The van der Waals surface area contributed by atoms with E-state index < -0.39 is 0 Å². The van der Waals surface area contributed by atoms with E-state index in [0.29, 0.717) is 24.8 Å². The molecule has 0 saturated heterocycles. The molecule has 3 heterocycles. The van der Waals surface area contributed by atoms with Gasteiger partial charge in [0.15, 0.2) is 17.3 Å². The summed E-state index contributed by atoms with van der Waals surface area (Å²) in [5.74, 6) is 3.63. The van der Waals surface area contributed by atoms with Gasteiger partial charge in [0, 0.05) is 11.3 Å². The van der Waals surface area contributed by atoms with E-state index in [9.17, 15) is 0 Å². The van der Waals surface area contributed by atoms with E-state index in [1.165, 1.54) is 0 Å². The Bertz CT molecular complexity index is 1050. The van der Waals surface area contributed by atoms with Crippen LogP contribution in [0.2, 0.25) is 0 Å². The lowest BCUT2D eigenvalue weighted by molar-refractivity contribution is 0.171. The van der Waals surface area contributed by atoms with Crippen molar-refractivity contribution in [1.82, 2.24) is 14.9 Å². The monoisotopic (exact) mass is 380 g/mol. The first kappa shape index (κ1) is 16.2. The van der Waals surface area contributed by atoms with E-state index in [4.69, 9.17) is 19.3 Å². The zero-order valence-electron chi connectivity index (χ0n) is 14.6. The van der Waals surface area contributed by atoms with Crippen molar-refractivity contribution in [3.05, 3.63) is 48.0 Å². The van der Waals surface area contributed by atoms with Gasteiger partial charge in [0.2, 0.25) is 5.16 Å². The molecule has 0 N–H and O–H groups in total. The first-order valence-corrected chi connectivity index (χ1v) is 9.51. The van der Waals surface area contributed by atoms with Crippen molar-refractivity contribution in [2.24, 2.45) is 5.10 Å². The van der Waals surface area contributed by atoms with Gasteiger partial charge in [-0.2, -0.15) is 9.78 Å². The first-order valence-electron chi connectivity index (χ1n) is 8.53. The summed E-state index contributed by atoms with van der Waals surface area (Å²) in [5, 5.41) is 14.2. The van der Waals surface area contributed by atoms with Crippen LogP contribution in [0.4, 0.5) is 0 Å². The van der Waals surface area contributed by atoms with Gasteiger partial charge < -0.3 is 14.2 Å². The average molecular weight is 380 g/mol. The summed E-state index contributed by atoms with van der Waals surface area (Å²) in [7, 11) is 1.64. The molecule has 0 bridgehead atoms. The summed E-state index contributed by atoms with van der Waals surface area (Å²) >= 11 is 1.60. The minimum Gasteiger partial charge on any atom is -0.496 e. The zero-order chi connectivity index (χ0) is 18.2. The third kappa shape index (κ3) is 2.82. The van der Waals surface area contributed by atoms with E-state index in [-0.39, 0.29) is 0 Å². The second-order valence-electron chi connectivity index (χ2n) is 6.01. The van der Waals surface area contributed by atoms with Crippen molar-refractivity contribution in [2.45, 2.75) is 5.16 Å². The summed E-state index contributed by atoms with van der Waals surface area (Å²) in [6.45, 7) is 1.14. The summed E-state index contributed by atoms with van der Waals surface area (Å²) in [6.07, 6.45) is 0. The first-order chi connectivity index (χ1) is 13.3. The van der Waals surface area contributed by atoms with Crippen LogP contribution in [0.25, 0.3) is 11.4 Å². The van der Waals surface area contributed by atoms with Crippen LogP contribution >= 0.6 is 11.8 Å². The van der Waals surface area contributed by atoms with E-state index in [2.05, 4.69) is 10.2 Å². The number of hydrogen-bond donors (Lipinski definition) is 0. The molecule has 0 unspecified atom stereocenters. The molecule has 7 nitrogen and oxygen atoms in total. The lowest BCUT2D eigenvalue weighted by atomic mass is 10.1. The quantitative estimate of drug-likeness (QED) is 0.695. The highest BCUT2D eigenvalue weighted by atomic mass is 32.2. The van der Waals surface area contributed by atoms with Gasteiger partial charge in [-0.15, -0.1) is 10.2 Å². The summed E-state index contributed by atoms with van der Waals surface area (Å²) in [4.78, 5) is 0. The molecule has 2 aromatic carbocycles.